The predicted octanol–water partition coefficient (Wildman–Crippen LogP) is 3.14. The lowest BCUT2D eigenvalue weighted by Crippen LogP contribution is -1.99. The zero-order valence-electron chi connectivity index (χ0n) is 10.3. The van der Waals surface area contributed by atoms with Gasteiger partial charge in [-0.2, -0.15) is 0 Å². The van der Waals surface area contributed by atoms with Crippen LogP contribution in [0, 0.1) is 13.8 Å². The molecule has 0 unspecified atom stereocenters. The second kappa shape index (κ2) is 4.14. The van der Waals surface area contributed by atoms with Crippen molar-refractivity contribution in [3.8, 4) is 17.1 Å². The maximum atomic E-state index is 5.39. The minimum Gasteiger partial charge on any atom is -0.463 e. The van der Waals surface area contributed by atoms with Crippen LogP contribution in [-0.2, 0) is 0 Å². The lowest BCUT2D eigenvalue weighted by atomic mass is 10.1. The molecule has 4 nitrogen and oxygen atoms in total. The third-order valence-electron chi connectivity index (χ3n) is 3.06. The topological polar surface area (TPSA) is 43.9 Å². The molecular weight excluding hydrogens is 226 g/mol. The Balaban J connectivity index is 2.13. The summed E-state index contributed by atoms with van der Waals surface area (Å²) < 4.78 is 7.18. The number of aryl methyl sites for hydroxylation is 2. The van der Waals surface area contributed by atoms with Gasteiger partial charge < -0.3 is 4.42 Å². The van der Waals surface area contributed by atoms with Gasteiger partial charge in [-0.25, -0.2) is 4.68 Å². The Morgan fingerprint density at radius 2 is 2.00 bits per heavy atom. The first-order valence-corrected chi connectivity index (χ1v) is 5.78. The molecule has 2 aromatic heterocycles. The Labute approximate surface area is 105 Å². The second-order valence-electron chi connectivity index (χ2n) is 4.28. The van der Waals surface area contributed by atoms with Crippen LogP contribution >= 0.6 is 0 Å². The first-order valence-electron chi connectivity index (χ1n) is 5.78. The molecule has 0 radical (unpaired) electrons. The van der Waals surface area contributed by atoms with Crippen LogP contribution in [0.3, 0.4) is 0 Å². The van der Waals surface area contributed by atoms with Gasteiger partial charge in [0.1, 0.15) is 5.69 Å². The summed E-state index contributed by atoms with van der Waals surface area (Å²) in [4.78, 5) is 0. The normalized spacial score (nSPS) is 10.8. The van der Waals surface area contributed by atoms with Crippen molar-refractivity contribution < 1.29 is 4.42 Å². The van der Waals surface area contributed by atoms with E-state index in [-0.39, 0.29) is 0 Å². The van der Waals surface area contributed by atoms with Gasteiger partial charge in [0, 0.05) is 0 Å². The summed E-state index contributed by atoms with van der Waals surface area (Å²) in [5, 5.41) is 8.08. The van der Waals surface area contributed by atoms with Crippen LogP contribution in [0.25, 0.3) is 17.1 Å². The molecule has 0 atom stereocenters. The number of aromatic nitrogens is 3. The molecule has 0 amide bonds. The summed E-state index contributed by atoms with van der Waals surface area (Å²) in [5.41, 5.74) is 4.33. The summed E-state index contributed by atoms with van der Waals surface area (Å²) in [6, 6.07) is 9.96. The van der Waals surface area contributed by atoms with Crippen LogP contribution in [0.4, 0.5) is 0 Å². The fourth-order valence-electron chi connectivity index (χ4n) is 1.88. The molecule has 0 N–H and O–H groups in total. The standard InChI is InChI=1S/C14H13N3O/c1-10-5-6-12(8-11(10)2)17-13(9-15-16-17)14-4-3-7-18-14/h3-9H,1-2H3. The first-order chi connectivity index (χ1) is 8.75. The second-order valence-corrected chi connectivity index (χ2v) is 4.28. The van der Waals surface area contributed by atoms with E-state index in [9.17, 15) is 0 Å². The summed E-state index contributed by atoms with van der Waals surface area (Å²) >= 11 is 0. The van der Waals surface area contributed by atoms with Crippen molar-refractivity contribution in [3.05, 3.63) is 53.9 Å². The molecule has 2 heterocycles. The molecule has 0 spiro atoms. The van der Waals surface area contributed by atoms with Crippen molar-refractivity contribution in [2.75, 3.05) is 0 Å². The maximum Gasteiger partial charge on any atom is 0.154 e. The molecule has 18 heavy (non-hydrogen) atoms. The number of hydrogen-bond donors (Lipinski definition) is 0. The highest BCUT2D eigenvalue weighted by molar-refractivity contribution is 5.55. The zero-order chi connectivity index (χ0) is 12.5. The molecule has 0 aliphatic heterocycles. The highest BCUT2D eigenvalue weighted by Gasteiger charge is 2.11. The highest BCUT2D eigenvalue weighted by atomic mass is 16.3. The van der Waals surface area contributed by atoms with Gasteiger partial charge in [0.25, 0.3) is 0 Å². The maximum absolute atomic E-state index is 5.39. The van der Waals surface area contributed by atoms with Crippen molar-refractivity contribution in [2.24, 2.45) is 0 Å². The fourth-order valence-corrected chi connectivity index (χ4v) is 1.88. The summed E-state index contributed by atoms with van der Waals surface area (Å²) in [7, 11) is 0. The quantitative estimate of drug-likeness (QED) is 0.690. The monoisotopic (exact) mass is 239 g/mol. The smallest absolute Gasteiger partial charge is 0.154 e. The van der Waals surface area contributed by atoms with Crippen LogP contribution < -0.4 is 0 Å². The van der Waals surface area contributed by atoms with E-state index in [1.165, 1.54) is 11.1 Å². The number of benzene rings is 1. The third-order valence-corrected chi connectivity index (χ3v) is 3.06. The Hall–Kier alpha value is -2.36. The average Bonchev–Trinajstić information content (AvgIpc) is 3.00. The fraction of sp³-hybridized carbons (Fsp3) is 0.143. The molecule has 90 valence electrons. The molecule has 0 aliphatic rings. The van der Waals surface area contributed by atoms with Gasteiger partial charge >= 0.3 is 0 Å². The third kappa shape index (κ3) is 1.72. The predicted molar refractivity (Wildman–Crippen MR) is 68.5 cm³/mol. The molecule has 4 heteroatoms. The van der Waals surface area contributed by atoms with Gasteiger partial charge in [-0.05, 0) is 49.2 Å². The van der Waals surface area contributed by atoms with E-state index in [1.807, 2.05) is 18.2 Å². The molecule has 0 saturated carbocycles. The van der Waals surface area contributed by atoms with Crippen molar-refractivity contribution in [1.29, 1.82) is 0 Å². The van der Waals surface area contributed by atoms with E-state index in [0.717, 1.165) is 17.1 Å². The molecule has 3 aromatic rings. The van der Waals surface area contributed by atoms with Crippen LogP contribution in [-0.4, -0.2) is 15.0 Å². The van der Waals surface area contributed by atoms with Crippen LogP contribution in [0.1, 0.15) is 11.1 Å². The zero-order valence-corrected chi connectivity index (χ0v) is 10.3. The Morgan fingerprint density at radius 3 is 2.72 bits per heavy atom. The van der Waals surface area contributed by atoms with E-state index in [1.54, 1.807) is 17.1 Å². The minimum absolute atomic E-state index is 0.762. The van der Waals surface area contributed by atoms with Crippen molar-refractivity contribution in [2.45, 2.75) is 13.8 Å². The average molecular weight is 239 g/mol. The van der Waals surface area contributed by atoms with Gasteiger partial charge in [-0.1, -0.05) is 11.3 Å². The summed E-state index contributed by atoms with van der Waals surface area (Å²) in [6.45, 7) is 4.18. The molecule has 0 aliphatic carbocycles. The number of nitrogens with zero attached hydrogens (tertiary/aromatic N) is 3. The Bertz CT molecular complexity index is 668. The van der Waals surface area contributed by atoms with Crippen LogP contribution in [0.2, 0.25) is 0 Å². The van der Waals surface area contributed by atoms with E-state index in [4.69, 9.17) is 4.42 Å². The van der Waals surface area contributed by atoms with Gasteiger partial charge in [-0.15, -0.1) is 5.10 Å². The van der Waals surface area contributed by atoms with Crippen molar-refractivity contribution in [3.63, 3.8) is 0 Å². The molecule has 0 saturated heterocycles. The largest absolute Gasteiger partial charge is 0.463 e. The number of furan rings is 1. The number of hydrogen-bond acceptors (Lipinski definition) is 3. The van der Waals surface area contributed by atoms with E-state index in [2.05, 4.69) is 36.3 Å². The minimum atomic E-state index is 0.762. The SMILES string of the molecule is Cc1ccc(-n2nncc2-c2ccco2)cc1C. The highest BCUT2D eigenvalue weighted by Crippen LogP contribution is 2.22. The summed E-state index contributed by atoms with van der Waals surface area (Å²) in [6.07, 6.45) is 3.35. The van der Waals surface area contributed by atoms with Gasteiger partial charge in [-0.3, -0.25) is 0 Å². The Kier molecular flexibility index (Phi) is 2.48. The van der Waals surface area contributed by atoms with Crippen molar-refractivity contribution >= 4 is 0 Å². The Morgan fingerprint density at radius 1 is 1.11 bits per heavy atom. The van der Waals surface area contributed by atoms with Crippen molar-refractivity contribution in [1.82, 2.24) is 15.0 Å². The molecule has 0 bridgehead atoms. The lowest BCUT2D eigenvalue weighted by molar-refractivity contribution is 0.576. The van der Waals surface area contributed by atoms with Crippen LogP contribution in [0.15, 0.2) is 47.2 Å². The van der Waals surface area contributed by atoms with Gasteiger partial charge in [0.15, 0.2) is 5.76 Å². The molecule has 3 rings (SSSR count). The summed E-state index contributed by atoms with van der Waals surface area (Å²) in [5.74, 6) is 0.762. The lowest BCUT2D eigenvalue weighted by Gasteiger charge is -2.07. The van der Waals surface area contributed by atoms with Crippen LogP contribution in [0.5, 0.6) is 0 Å². The first kappa shape index (κ1) is 10.8. The van der Waals surface area contributed by atoms with E-state index < -0.39 is 0 Å². The van der Waals surface area contributed by atoms with E-state index in [0.29, 0.717) is 0 Å². The molecule has 1 aromatic carbocycles. The number of rotatable bonds is 2. The van der Waals surface area contributed by atoms with E-state index >= 15 is 0 Å². The van der Waals surface area contributed by atoms with Gasteiger partial charge in [0.05, 0.1) is 18.1 Å². The van der Waals surface area contributed by atoms with Gasteiger partial charge in [0.2, 0.25) is 0 Å². The molecular formula is C14H13N3O. The molecule has 0 fully saturated rings.